The number of ether oxygens (including phenoxy) is 2. The van der Waals surface area contributed by atoms with E-state index in [0.29, 0.717) is 36.2 Å². The molecular formula is C35H37BN4O4. The lowest BCUT2D eigenvalue weighted by Gasteiger charge is -2.37. The highest BCUT2D eigenvalue weighted by Crippen LogP contribution is 2.42. The van der Waals surface area contributed by atoms with Crippen molar-refractivity contribution in [1.29, 1.82) is 5.41 Å². The number of nitrogens with one attached hydrogen (secondary N) is 2. The van der Waals surface area contributed by atoms with E-state index in [4.69, 9.17) is 27.7 Å². The van der Waals surface area contributed by atoms with Gasteiger partial charge in [-0.05, 0) is 62.1 Å². The number of aromatic nitrogens is 2. The van der Waals surface area contributed by atoms with Gasteiger partial charge in [0.2, 0.25) is 7.85 Å². The fourth-order valence-electron chi connectivity index (χ4n) is 5.92. The Morgan fingerprint density at radius 2 is 1.89 bits per heavy atom. The smallest absolute Gasteiger partial charge is 0.261 e. The van der Waals surface area contributed by atoms with Crippen molar-refractivity contribution in [2.45, 2.75) is 65.1 Å². The van der Waals surface area contributed by atoms with Gasteiger partial charge in [0.1, 0.15) is 23.0 Å². The lowest BCUT2D eigenvalue weighted by atomic mass is 9.91. The molecule has 0 aliphatic carbocycles. The van der Waals surface area contributed by atoms with Crippen LogP contribution in [0.5, 0.6) is 5.75 Å². The van der Waals surface area contributed by atoms with Crippen molar-refractivity contribution in [3.8, 4) is 22.6 Å². The monoisotopic (exact) mass is 588 g/mol. The van der Waals surface area contributed by atoms with Gasteiger partial charge in [0.15, 0.2) is 5.81 Å². The zero-order valence-electron chi connectivity index (χ0n) is 25.9. The van der Waals surface area contributed by atoms with Gasteiger partial charge >= 0.3 is 0 Å². The van der Waals surface area contributed by atoms with Crippen LogP contribution in [0.1, 0.15) is 73.5 Å². The Kier molecular flexibility index (Phi) is 8.88. The average Bonchev–Trinajstić information content (AvgIpc) is 2.98. The first kappa shape index (κ1) is 30.9. The first-order chi connectivity index (χ1) is 21.0. The Morgan fingerprint density at radius 1 is 1.16 bits per heavy atom. The fourth-order valence-corrected chi connectivity index (χ4v) is 5.92. The van der Waals surface area contributed by atoms with E-state index in [0.717, 1.165) is 45.8 Å². The molecular weight excluding hydrogens is 551 g/mol. The molecule has 224 valence electrons. The first-order valence-corrected chi connectivity index (χ1v) is 14.8. The van der Waals surface area contributed by atoms with Crippen LogP contribution in [0, 0.1) is 12.3 Å². The molecule has 1 aliphatic rings. The number of amidine groups is 1. The van der Waals surface area contributed by atoms with Gasteiger partial charge in [0, 0.05) is 36.6 Å². The molecule has 8 nitrogen and oxygen atoms in total. The number of rotatable bonds is 8. The molecule has 0 saturated carbocycles. The van der Waals surface area contributed by atoms with Crippen LogP contribution in [0.2, 0.25) is 0 Å². The van der Waals surface area contributed by atoms with Gasteiger partial charge in [-0.1, -0.05) is 61.9 Å². The van der Waals surface area contributed by atoms with Crippen LogP contribution < -0.4 is 15.6 Å². The van der Waals surface area contributed by atoms with Crippen molar-refractivity contribution in [2.75, 3.05) is 7.11 Å². The maximum atomic E-state index is 14.2. The lowest BCUT2D eigenvalue weighted by molar-refractivity contribution is -0.0108. The van der Waals surface area contributed by atoms with Crippen LogP contribution in [0.15, 0.2) is 71.5 Å². The first-order valence-electron chi connectivity index (χ1n) is 14.8. The van der Waals surface area contributed by atoms with Crippen LogP contribution in [0.3, 0.4) is 0 Å². The highest BCUT2D eigenvalue weighted by Gasteiger charge is 2.34. The molecule has 1 amide bonds. The summed E-state index contributed by atoms with van der Waals surface area (Å²) in [6.07, 6.45) is 2.55. The summed E-state index contributed by atoms with van der Waals surface area (Å²) >= 11 is 0. The second kappa shape index (κ2) is 12.6. The second-order valence-corrected chi connectivity index (χ2v) is 11.8. The standard InChI is InChI=1S/C35H37BN4O4/c1-6-9-29-27(18-22-12-14-23(15-13-22)25-10-7-8-11-26(25)32(37)39-34(36)42)33(41)40(21(2)38-29)24-16-17-30-28(19-24)31(43-5)20-35(3,4)44-30/h7-8,10-17,19,31H,6,9,18,20H2,1-5H3,(H2,37,39,42). The molecule has 1 aromatic heterocycles. The van der Waals surface area contributed by atoms with E-state index < -0.39 is 5.81 Å². The van der Waals surface area contributed by atoms with Gasteiger partial charge in [0.05, 0.1) is 17.5 Å². The summed E-state index contributed by atoms with van der Waals surface area (Å²) in [6, 6.07) is 21.0. The number of methoxy groups -OCH3 is 1. The summed E-state index contributed by atoms with van der Waals surface area (Å²) < 4.78 is 13.7. The van der Waals surface area contributed by atoms with Crippen LogP contribution >= 0.6 is 0 Å². The van der Waals surface area contributed by atoms with Gasteiger partial charge in [0.25, 0.3) is 5.56 Å². The molecule has 2 radical (unpaired) electrons. The molecule has 3 aromatic carbocycles. The van der Waals surface area contributed by atoms with Crippen LogP contribution in [-0.4, -0.2) is 41.8 Å². The third kappa shape index (κ3) is 6.38. The van der Waals surface area contributed by atoms with Gasteiger partial charge < -0.3 is 14.8 Å². The van der Waals surface area contributed by atoms with E-state index in [9.17, 15) is 9.59 Å². The Balaban J connectivity index is 1.51. The minimum atomic E-state index is -0.786. The summed E-state index contributed by atoms with van der Waals surface area (Å²) in [5.74, 6) is 0.543. The molecule has 1 aliphatic heterocycles. The number of fused-ring (bicyclic) bond motifs is 1. The van der Waals surface area contributed by atoms with Gasteiger partial charge in [-0.25, -0.2) is 4.98 Å². The van der Waals surface area contributed by atoms with Crippen molar-refractivity contribution >= 4 is 19.5 Å². The quantitative estimate of drug-likeness (QED) is 0.145. The summed E-state index contributed by atoms with van der Waals surface area (Å²) in [7, 11) is 6.93. The molecule has 4 aromatic rings. The molecule has 0 fully saturated rings. The second-order valence-electron chi connectivity index (χ2n) is 11.8. The van der Waals surface area contributed by atoms with E-state index in [1.165, 1.54) is 0 Å². The van der Waals surface area contributed by atoms with Crippen LogP contribution in [-0.2, 0) is 17.6 Å². The van der Waals surface area contributed by atoms with E-state index in [1.54, 1.807) is 23.8 Å². The SMILES string of the molecule is [B]C(=O)NC(=N)c1ccccc1-c1ccc(Cc2c(CCC)nc(C)n(-c3ccc4c(c3)C(OC)CC(C)(C)O4)c2=O)cc1. The zero-order chi connectivity index (χ0) is 31.6. The third-order valence-electron chi connectivity index (χ3n) is 7.95. The molecule has 9 heteroatoms. The number of aryl methyl sites for hydroxylation is 2. The Morgan fingerprint density at radius 3 is 2.57 bits per heavy atom. The average molecular weight is 589 g/mol. The number of nitrogens with zero attached hydrogens (tertiary/aromatic N) is 2. The van der Waals surface area contributed by atoms with E-state index >= 15 is 0 Å². The molecule has 1 unspecified atom stereocenters. The maximum absolute atomic E-state index is 14.2. The minimum absolute atomic E-state index is 0.0677. The highest BCUT2D eigenvalue weighted by molar-refractivity contribution is 6.58. The van der Waals surface area contributed by atoms with Gasteiger partial charge in [-0.3, -0.25) is 19.6 Å². The van der Waals surface area contributed by atoms with Crippen molar-refractivity contribution < 1.29 is 14.3 Å². The molecule has 1 atom stereocenters. The molecule has 0 spiro atoms. The molecule has 5 rings (SSSR count). The van der Waals surface area contributed by atoms with Crippen molar-refractivity contribution in [3.05, 3.63) is 111 Å². The third-order valence-corrected chi connectivity index (χ3v) is 7.95. The largest absolute Gasteiger partial charge is 0.487 e. The predicted octanol–water partition coefficient (Wildman–Crippen LogP) is 6.20. The van der Waals surface area contributed by atoms with E-state index in [1.807, 2.05) is 75.4 Å². The van der Waals surface area contributed by atoms with Crippen LogP contribution in [0.25, 0.3) is 16.8 Å². The van der Waals surface area contributed by atoms with E-state index in [-0.39, 0.29) is 23.1 Å². The summed E-state index contributed by atoms with van der Waals surface area (Å²) in [4.78, 5) is 30.5. The number of amides is 1. The zero-order valence-corrected chi connectivity index (χ0v) is 25.9. The number of carbonyl (C=O) groups is 1. The van der Waals surface area contributed by atoms with Crippen LogP contribution in [0.4, 0.5) is 4.79 Å². The Labute approximate surface area is 259 Å². The maximum Gasteiger partial charge on any atom is 0.261 e. The highest BCUT2D eigenvalue weighted by atomic mass is 16.5. The molecule has 0 saturated heterocycles. The van der Waals surface area contributed by atoms with E-state index in [2.05, 4.69) is 12.2 Å². The Hall–Kier alpha value is -4.50. The van der Waals surface area contributed by atoms with Crippen molar-refractivity contribution in [1.82, 2.24) is 14.9 Å². The topological polar surface area (TPSA) is 106 Å². The van der Waals surface area contributed by atoms with Crippen molar-refractivity contribution in [2.24, 2.45) is 0 Å². The molecule has 0 bridgehead atoms. The summed E-state index contributed by atoms with van der Waals surface area (Å²) in [5.41, 5.74) is 5.87. The van der Waals surface area contributed by atoms with Gasteiger partial charge in [-0.2, -0.15) is 0 Å². The number of hydrogen-bond donors (Lipinski definition) is 2. The summed E-state index contributed by atoms with van der Waals surface area (Å²) in [6.45, 7) is 8.04. The molecule has 2 heterocycles. The number of benzene rings is 3. The fraction of sp³-hybridized carbons (Fsp3) is 0.314. The normalized spacial score (nSPS) is 15.2. The summed E-state index contributed by atoms with van der Waals surface area (Å²) in [5, 5.41) is 10.6. The number of hydrogen-bond acceptors (Lipinski definition) is 6. The van der Waals surface area contributed by atoms with Crippen molar-refractivity contribution in [3.63, 3.8) is 0 Å². The van der Waals surface area contributed by atoms with Gasteiger partial charge in [-0.15, -0.1) is 0 Å². The minimum Gasteiger partial charge on any atom is -0.487 e. The Bertz CT molecular complexity index is 1780. The predicted molar refractivity (Wildman–Crippen MR) is 173 cm³/mol. The number of carbonyl (C=O) groups excluding carboxylic acids is 1. The lowest BCUT2D eigenvalue weighted by Crippen LogP contribution is -2.35. The molecule has 2 N–H and O–H groups in total. The molecule has 44 heavy (non-hydrogen) atoms.